The molecule has 0 saturated heterocycles. The van der Waals surface area contributed by atoms with Gasteiger partial charge in [-0.3, -0.25) is 9.78 Å². The lowest BCUT2D eigenvalue weighted by Gasteiger charge is -2.34. The number of pyridine rings is 1. The predicted molar refractivity (Wildman–Crippen MR) is 77.7 cm³/mol. The molecule has 0 spiro atoms. The molecule has 20 heavy (non-hydrogen) atoms. The van der Waals surface area contributed by atoms with Gasteiger partial charge in [-0.2, -0.15) is 0 Å². The molecule has 2 aliphatic heterocycles. The largest absolute Gasteiger partial charge is 0.308 e. The molecule has 1 amide bonds. The number of carbonyl (C=O) groups excluding carboxylic acids is 1. The average Bonchev–Trinajstić information content (AvgIpc) is 2.82. The van der Waals surface area contributed by atoms with E-state index in [1.807, 2.05) is 29.3 Å². The fourth-order valence-electron chi connectivity index (χ4n) is 3.46. The molecule has 1 aromatic carbocycles. The first kappa shape index (κ1) is 11.6. The van der Waals surface area contributed by atoms with Crippen molar-refractivity contribution in [2.45, 2.75) is 31.7 Å². The van der Waals surface area contributed by atoms with Crippen LogP contribution in [0.2, 0.25) is 0 Å². The van der Waals surface area contributed by atoms with Crippen molar-refractivity contribution in [3.63, 3.8) is 0 Å². The Balaban J connectivity index is 1.70. The minimum absolute atomic E-state index is 0.244. The van der Waals surface area contributed by atoms with Gasteiger partial charge < -0.3 is 4.90 Å². The van der Waals surface area contributed by atoms with E-state index in [1.165, 1.54) is 16.8 Å². The molecular weight excluding hydrogens is 248 g/mol. The Morgan fingerprint density at radius 1 is 1.15 bits per heavy atom. The van der Waals surface area contributed by atoms with Crippen LogP contribution < -0.4 is 4.90 Å². The van der Waals surface area contributed by atoms with Crippen molar-refractivity contribution in [1.82, 2.24) is 4.98 Å². The van der Waals surface area contributed by atoms with Crippen LogP contribution in [-0.4, -0.2) is 16.9 Å². The lowest BCUT2D eigenvalue weighted by Crippen LogP contribution is -2.42. The van der Waals surface area contributed by atoms with E-state index in [9.17, 15) is 4.79 Å². The maximum atomic E-state index is 12.4. The van der Waals surface area contributed by atoms with E-state index in [-0.39, 0.29) is 11.9 Å². The second kappa shape index (κ2) is 4.44. The van der Waals surface area contributed by atoms with E-state index in [4.69, 9.17) is 0 Å². The van der Waals surface area contributed by atoms with Gasteiger partial charge in [-0.25, -0.2) is 0 Å². The highest BCUT2D eigenvalue weighted by Crippen LogP contribution is 2.39. The van der Waals surface area contributed by atoms with Crippen molar-refractivity contribution < 1.29 is 4.79 Å². The Kier molecular flexibility index (Phi) is 2.59. The van der Waals surface area contributed by atoms with Crippen LogP contribution in [0.15, 0.2) is 42.6 Å². The third-order valence-electron chi connectivity index (χ3n) is 4.34. The Hall–Kier alpha value is -2.16. The summed E-state index contributed by atoms with van der Waals surface area (Å²) in [5.74, 6) is 0.244. The van der Waals surface area contributed by atoms with E-state index >= 15 is 0 Å². The van der Waals surface area contributed by atoms with E-state index in [0.717, 1.165) is 25.0 Å². The summed E-state index contributed by atoms with van der Waals surface area (Å²) in [6, 6.07) is 12.6. The molecule has 0 fully saturated rings. The molecule has 0 aliphatic carbocycles. The van der Waals surface area contributed by atoms with Gasteiger partial charge in [0, 0.05) is 24.4 Å². The van der Waals surface area contributed by atoms with E-state index < -0.39 is 0 Å². The van der Waals surface area contributed by atoms with Crippen molar-refractivity contribution >= 4 is 11.6 Å². The van der Waals surface area contributed by atoms with E-state index in [1.54, 1.807) is 0 Å². The van der Waals surface area contributed by atoms with Crippen LogP contribution in [0.25, 0.3) is 0 Å². The summed E-state index contributed by atoms with van der Waals surface area (Å²) >= 11 is 0. The van der Waals surface area contributed by atoms with Crippen LogP contribution in [0.3, 0.4) is 0 Å². The summed E-state index contributed by atoms with van der Waals surface area (Å²) in [4.78, 5) is 18.8. The van der Waals surface area contributed by atoms with Gasteiger partial charge in [-0.15, -0.1) is 0 Å². The molecule has 0 saturated carbocycles. The first-order chi connectivity index (χ1) is 9.83. The van der Waals surface area contributed by atoms with Crippen molar-refractivity contribution in [1.29, 1.82) is 0 Å². The number of para-hydroxylation sites is 1. The summed E-state index contributed by atoms with van der Waals surface area (Å²) in [5, 5.41) is 0. The predicted octanol–water partition coefficient (Wildman–Crippen LogP) is 2.53. The standard InChI is InChI=1S/C17H16N2O/c20-16-10-13-5-3-4-12-7-8-15(19(16)17(12)13)11-14-6-1-2-9-18-14/h1-6,9,15H,7-8,10-11H2. The van der Waals surface area contributed by atoms with Crippen LogP contribution in [0, 0.1) is 0 Å². The molecule has 0 bridgehead atoms. The summed E-state index contributed by atoms with van der Waals surface area (Å²) < 4.78 is 0. The quantitative estimate of drug-likeness (QED) is 0.835. The molecule has 3 heteroatoms. The molecule has 1 atom stereocenters. The topological polar surface area (TPSA) is 33.2 Å². The van der Waals surface area contributed by atoms with Gasteiger partial charge in [-0.1, -0.05) is 24.3 Å². The molecule has 100 valence electrons. The maximum absolute atomic E-state index is 12.4. The lowest BCUT2D eigenvalue weighted by atomic mass is 9.93. The SMILES string of the molecule is O=C1Cc2cccc3c2N1C(Cc1ccccn1)CC3. The van der Waals surface area contributed by atoms with Gasteiger partial charge in [0.05, 0.1) is 12.1 Å². The highest BCUT2D eigenvalue weighted by molar-refractivity contribution is 6.03. The highest BCUT2D eigenvalue weighted by atomic mass is 16.2. The Morgan fingerprint density at radius 2 is 2.05 bits per heavy atom. The van der Waals surface area contributed by atoms with Crippen LogP contribution in [0.4, 0.5) is 5.69 Å². The number of benzene rings is 1. The highest BCUT2D eigenvalue weighted by Gasteiger charge is 2.37. The second-order valence-electron chi connectivity index (χ2n) is 5.58. The lowest BCUT2D eigenvalue weighted by molar-refractivity contribution is -0.117. The van der Waals surface area contributed by atoms with Crippen molar-refractivity contribution in [3.8, 4) is 0 Å². The monoisotopic (exact) mass is 264 g/mol. The number of hydrogen-bond acceptors (Lipinski definition) is 2. The van der Waals surface area contributed by atoms with E-state index in [2.05, 4.69) is 23.2 Å². The zero-order valence-electron chi connectivity index (χ0n) is 11.2. The Bertz CT molecular complexity index is 666. The molecule has 2 aliphatic rings. The van der Waals surface area contributed by atoms with Crippen molar-refractivity contribution in [3.05, 3.63) is 59.4 Å². The summed E-state index contributed by atoms with van der Waals surface area (Å²) in [5.41, 5.74) is 4.77. The van der Waals surface area contributed by atoms with Gasteiger partial charge in [0.2, 0.25) is 5.91 Å². The van der Waals surface area contributed by atoms with E-state index in [0.29, 0.717) is 6.42 Å². The molecule has 2 aromatic rings. The number of carbonyl (C=O) groups is 1. The van der Waals surface area contributed by atoms with Crippen LogP contribution in [0.5, 0.6) is 0 Å². The zero-order valence-corrected chi connectivity index (χ0v) is 11.2. The van der Waals surface area contributed by atoms with Crippen LogP contribution in [0.1, 0.15) is 23.2 Å². The average molecular weight is 264 g/mol. The second-order valence-corrected chi connectivity index (χ2v) is 5.58. The summed E-state index contributed by atoms with van der Waals surface area (Å²) in [6.45, 7) is 0. The van der Waals surface area contributed by atoms with Crippen molar-refractivity contribution in [2.24, 2.45) is 0 Å². The van der Waals surface area contributed by atoms with Crippen LogP contribution in [-0.2, 0) is 24.1 Å². The number of rotatable bonds is 2. The van der Waals surface area contributed by atoms with Gasteiger partial charge in [0.1, 0.15) is 0 Å². The van der Waals surface area contributed by atoms with Gasteiger partial charge in [0.15, 0.2) is 0 Å². The number of amides is 1. The first-order valence-electron chi connectivity index (χ1n) is 7.15. The van der Waals surface area contributed by atoms with Crippen LogP contribution >= 0.6 is 0 Å². The third kappa shape index (κ3) is 1.73. The first-order valence-corrected chi connectivity index (χ1v) is 7.15. The minimum atomic E-state index is 0.244. The number of hydrogen-bond donors (Lipinski definition) is 0. The third-order valence-corrected chi connectivity index (χ3v) is 4.34. The smallest absolute Gasteiger partial charge is 0.231 e. The zero-order chi connectivity index (χ0) is 13.5. The molecule has 0 N–H and O–H groups in total. The normalized spacial score (nSPS) is 20.1. The molecule has 3 nitrogen and oxygen atoms in total. The number of anilines is 1. The molecule has 1 unspecified atom stereocenters. The number of aromatic nitrogens is 1. The van der Waals surface area contributed by atoms with Gasteiger partial charge in [-0.05, 0) is 36.1 Å². The van der Waals surface area contributed by atoms with Crippen molar-refractivity contribution in [2.75, 3.05) is 4.90 Å². The fourth-order valence-corrected chi connectivity index (χ4v) is 3.46. The minimum Gasteiger partial charge on any atom is -0.308 e. The number of nitrogens with zero attached hydrogens (tertiary/aromatic N) is 2. The molecule has 1 aromatic heterocycles. The Labute approximate surface area is 118 Å². The molecule has 3 heterocycles. The molecule has 0 radical (unpaired) electrons. The maximum Gasteiger partial charge on any atom is 0.231 e. The molecular formula is C17H16N2O. The number of aryl methyl sites for hydroxylation is 1. The van der Waals surface area contributed by atoms with Gasteiger partial charge in [0.25, 0.3) is 0 Å². The molecule has 4 rings (SSSR count). The fraction of sp³-hybridized carbons (Fsp3) is 0.294. The van der Waals surface area contributed by atoms with Gasteiger partial charge >= 0.3 is 0 Å². The summed E-state index contributed by atoms with van der Waals surface area (Å²) in [6.07, 6.45) is 5.31. The Morgan fingerprint density at radius 3 is 2.90 bits per heavy atom. The summed E-state index contributed by atoms with van der Waals surface area (Å²) in [7, 11) is 0.